The molecule has 5 nitrogen and oxygen atoms in total. The maximum absolute atomic E-state index is 12.0. The Morgan fingerprint density at radius 3 is 2.12 bits per heavy atom. The first-order chi connectivity index (χ1) is 7.70. The number of carbonyl (C=O) groups excluding carboxylic acids is 1. The van der Waals surface area contributed by atoms with E-state index < -0.39 is 16.0 Å². The van der Waals surface area contributed by atoms with Gasteiger partial charge in [-0.1, -0.05) is 13.8 Å². The van der Waals surface area contributed by atoms with Gasteiger partial charge >= 0.3 is 5.97 Å². The van der Waals surface area contributed by atoms with E-state index in [0.29, 0.717) is 0 Å². The third-order valence-corrected chi connectivity index (χ3v) is 4.42. The highest BCUT2D eigenvalue weighted by Gasteiger charge is 2.28. The van der Waals surface area contributed by atoms with Crippen molar-refractivity contribution in [2.45, 2.75) is 40.7 Å². The molecule has 0 aromatic heterocycles. The molecule has 6 heteroatoms. The van der Waals surface area contributed by atoms with Crippen molar-refractivity contribution in [2.24, 2.45) is 5.92 Å². The van der Waals surface area contributed by atoms with Crippen LogP contribution in [0.1, 0.15) is 34.6 Å². The maximum Gasteiger partial charge on any atom is 0.321 e. The summed E-state index contributed by atoms with van der Waals surface area (Å²) in [5, 5.41) is 0. The number of hydrogen-bond donors (Lipinski definition) is 0. The Balaban J connectivity index is 4.80. The summed E-state index contributed by atoms with van der Waals surface area (Å²) in [5.41, 5.74) is 0. The summed E-state index contributed by atoms with van der Waals surface area (Å²) >= 11 is 0. The zero-order valence-electron chi connectivity index (χ0n) is 11.3. The van der Waals surface area contributed by atoms with Gasteiger partial charge in [0.1, 0.15) is 6.54 Å². The molecule has 0 fully saturated rings. The second kappa shape index (κ2) is 6.96. The third kappa shape index (κ3) is 6.02. The fourth-order valence-electron chi connectivity index (χ4n) is 1.45. The summed E-state index contributed by atoms with van der Waals surface area (Å²) in [7, 11) is -3.40. The lowest BCUT2D eigenvalue weighted by molar-refractivity contribution is -0.143. The predicted octanol–water partition coefficient (Wildman–Crippen LogP) is 1.25. The first-order valence-electron chi connectivity index (χ1n) is 5.85. The van der Waals surface area contributed by atoms with Crippen LogP contribution in [-0.4, -0.2) is 43.6 Å². The van der Waals surface area contributed by atoms with Crippen molar-refractivity contribution in [3.05, 3.63) is 0 Å². The Kier molecular flexibility index (Phi) is 6.70. The van der Waals surface area contributed by atoms with E-state index in [2.05, 4.69) is 0 Å². The van der Waals surface area contributed by atoms with Crippen molar-refractivity contribution in [3.8, 4) is 0 Å². The standard InChI is InChI=1S/C11H23NO4S/c1-6-16-11(13)7-12(10(4)5)17(14,15)8-9(2)3/h9-10H,6-8H2,1-5H3. The van der Waals surface area contributed by atoms with Crippen LogP contribution in [0.4, 0.5) is 0 Å². The highest BCUT2D eigenvalue weighted by atomic mass is 32.2. The number of sulfonamides is 1. The quantitative estimate of drug-likeness (QED) is 0.650. The molecule has 0 rings (SSSR count). The summed E-state index contributed by atoms with van der Waals surface area (Å²) in [6, 6.07) is -0.247. The van der Waals surface area contributed by atoms with Crippen LogP contribution in [0.2, 0.25) is 0 Å². The highest BCUT2D eigenvalue weighted by Crippen LogP contribution is 2.11. The van der Waals surface area contributed by atoms with E-state index in [1.54, 1.807) is 20.8 Å². The number of ether oxygens (including phenoxy) is 1. The molecule has 0 saturated heterocycles. The van der Waals surface area contributed by atoms with Crippen LogP contribution in [0.5, 0.6) is 0 Å². The molecule has 0 aromatic rings. The van der Waals surface area contributed by atoms with Crippen molar-refractivity contribution >= 4 is 16.0 Å². The van der Waals surface area contributed by atoms with Gasteiger partial charge in [-0.25, -0.2) is 8.42 Å². The Morgan fingerprint density at radius 2 is 1.76 bits per heavy atom. The normalized spacial score (nSPS) is 12.5. The first-order valence-corrected chi connectivity index (χ1v) is 7.46. The van der Waals surface area contributed by atoms with Crippen LogP contribution < -0.4 is 0 Å². The molecule has 102 valence electrons. The molecule has 17 heavy (non-hydrogen) atoms. The van der Waals surface area contributed by atoms with Crippen molar-refractivity contribution < 1.29 is 17.9 Å². The largest absolute Gasteiger partial charge is 0.465 e. The molecule has 0 radical (unpaired) electrons. The Bertz CT molecular complexity index is 335. The number of nitrogens with zero attached hydrogens (tertiary/aromatic N) is 1. The monoisotopic (exact) mass is 265 g/mol. The van der Waals surface area contributed by atoms with E-state index in [1.165, 1.54) is 4.31 Å². The van der Waals surface area contributed by atoms with E-state index >= 15 is 0 Å². The molecular weight excluding hydrogens is 242 g/mol. The minimum Gasteiger partial charge on any atom is -0.465 e. The molecule has 0 heterocycles. The van der Waals surface area contributed by atoms with Gasteiger partial charge in [0.15, 0.2) is 0 Å². The molecule has 0 aromatic carbocycles. The van der Waals surface area contributed by atoms with E-state index in [9.17, 15) is 13.2 Å². The summed E-state index contributed by atoms with van der Waals surface area (Å²) in [5.74, 6) is -0.429. The fraction of sp³-hybridized carbons (Fsp3) is 0.909. The van der Waals surface area contributed by atoms with Crippen molar-refractivity contribution in [3.63, 3.8) is 0 Å². The van der Waals surface area contributed by atoms with Gasteiger partial charge in [-0.05, 0) is 26.7 Å². The number of carbonyl (C=O) groups is 1. The summed E-state index contributed by atoms with van der Waals surface area (Å²) < 4.78 is 30.1. The average Bonchev–Trinajstić information content (AvgIpc) is 2.11. The van der Waals surface area contributed by atoms with Gasteiger partial charge in [-0.2, -0.15) is 4.31 Å². The first kappa shape index (κ1) is 16.4. The Labute approximate surface area is 104 Å². The second-order valence-corrected chi connectivity index (χ2v) is 6.58. The second-order valence-electron chi connectivity index (χ2n) is 4.62. The fourth-order valence-corrected chi connectivity index (χ4v) is 3.43. The van der Waals surface area contributed by atoms with Crippen LogP contribution in [0, 0.1) is 5.92 Å². The highest BCUT2D eigenvalue weighted by molar-refractivity contribution is 7.89. The molecule has 0 saturated carbocycles. The van der Waals surface area contributed by atoms with Crippen LogP contribution in [0.3, 0.4) is 0 Å². The molecule has 0 spiro atoms. The van der Waals surface area contributed by atoms with Gasteiger partial charge in [0.25, 0.3) is 0 Å². The SMILES string of the molecule is CCOC(=O)CN(C(C)C)S(=O)(=O)CC(C)C. The van der Waals surface area contributed by atoms with Crippen LogP contribution in [0.15, 0.2) is 0 Å². The molecule has 0 unspecified atom stereocenters. The van der Waals surface area contributed by atoms with E-state index in [-0.39, 0.29) is 30.9 Å². The van der Waals surface area contributed by atoms with Crippen molar-refractivity contribution in [1.29, 1.82) is 0 Å². The molecule has 0 amide bonds. The van der Waals surface area contributed by atoms with Crippen LogP contribution in [-0.2, 0) is 19.6 Å². The number of esters is 1. The summed E-state index contributed by atoms with van der Waals surface area (Å²) in [6.07, 6.45) is 0. The van der Waals surface area contributed by atoms with Gasteiger partial charge in [0, 0.05) is 6.04 Å². The van der Waals surface area contributed by atoms with Gasteiger partial charge in [-0.15, -0.1) is 0 Å². The molecule has 0 bridgehead atoms. The van der Waals surface area contributed by atoms with Gasteiger partial charge in [0.2, 0.25) is 10.0 Å². The summed E-state index contributed by atoms with van der Waals surface area (Å²) in [4.78, 5) is 11.4. The smallest absolute Gasteiger partial charge is 0.321 e. The molecule has 0 atom stereocenters. The minimum atomic E-state index is -3.40. The third-order valence-electron chi connectivity index (χ3n) is 2.07. The average molecular weight is 265 g/mol. The van der Waals surface area contributed by atoms with Gasteiger partial charge in [0.05, 0.1) is 12.4 Å². The predicted molar refractivity (Wildman–Crippen MR) is 67.1 cm³/mol. The van der Waals surface area contributed by atoms with Crippen molar-refractivity contribution in [1.82, 2.24) is 4.31 Å². The molecular formula is C11H23NO4S. The van der Waals surface area contributed by atoms with Crippen LogP contribution >= 0.6 is 0 Å². The van der Waals surface area contributed by atoms with E-state index in [0.717, 1.165) is 0 Å². The van der Waals surface area contributed by atoms with E-state index in [1.807, 2.05) is 13.8 Å². The molecule has 0 aliphatic rings. The number of hydrogen-bond acceptors (Lipinski definition) is 4. The molecule has 0 aliphatic carbocycles. The number of rotatable bonds is 7. The Hall–Kier alpha value is -0.620. The van der Waals surface area contributed by atoms with Gasteiger partial charge in [-0.3, -0.25) is 4.79 Å². The molecule has 0 N–H and O–H groups in total. The van der Waals surface area contributed by atoms with Crippen LogP contribution in [0.25, 0.3) is 0 Å². The van der Waals surface area contributed by atoms with Crippen molar-refractivity contribution in [2.75, 3.05) is 18.9 Å². The lowest BCUT2D eigenvalue weighted by Crippen LogP contribution is -2.43. The Morgan fingerprint density at radius 1 is 1.24 bits per heavy atom. The molecule has 0 aliphatic heterocycles. The lowest BCUT2D eigenvalue weighted by Gasteiger charge is -2.25. The zero-order chi connectivity index (χ0) is 13.6. The van der Waals surface area contributed by atoms with E-state index in [4.69, 9.17) is 4.74 Å². The topological polar surface area (TPSA) is 63.7 Å². The maximum atomic E-state index is 12.0. The zero-order valence-corrected chi connectivity index (χ0v) is 12.1. The minimum absolute atomic E-state index is 0.0310. The lowest BCUT2D eigenvalue weighted by atomic mass is 10.3. The van der Waals surface area contributed by atoms with Gasteiger partial charge < -0.3 is 4.74 Å². The summed E-state index contributed by atoms with van der Waals surface area (Å²) in [6.45, 7) is 8.91.